The Balaban J connectivity index is 2.97. The van der Waals surface area contributed by atoms with Gasteiger partial charge in [-0.2, -0.15) is 0 Å². The van der Waals surface area contributed by atoms with Crippen molar-refractivity contribution < 1.29 is 9.47 Å². The molecule has 1 unspecified atom stereocenters. The van der Waals surface area contributed by atoms with Crippen molar-refractivity contribution in [3.8, 4) is 0 Å². The molecule has 0 fully saturated rings. The Hall–Kier alpha value is 0.210. The highest BCUT2D eigenvalue weighted by molar-refractivity contribution is 6.17. The predicted molar refractivity (Wildman–Crippen MR) is 51.9 cm³/mol. The summed E-state index contributed by atoms with van der Waals surface area (Å²) in [7, 11) is 1.69. The Morgan fingerprint density at radius 3 is 2.58 bits per heavy atom. The number of ether oxygens (including phenoxy) is 2. The van der Waals surface area contributed by atoms with Gasteiger partial charge in [-0.25, -0.2) is 0 Å². The first-order valence-corrected chi connectivity index (χ1v) is 5.01. The van der Waals surface area contributed by atoms with Gasteiger partial charge in [-0.1, -0.05) is 0 Å². The first kappa shape index (κ1) is 12.2. The van der Waals surface area contributed by atoms with Crippen molar-refractivity contribution in [2.75, 3.05) is 26.2 Å². The molecule has 0 aromatic rings. The molecule has 1 atom stereocenters. The van der Waals surface area contributed by atoms with Gasteiger partial charge in [0.1, 0.15) is 0 Å². The normalized spacial score (nSPS) is 13.2. The Kier molecular flexibility index (Phi) is 9.46. The first-order chi connectivity index (χ1) is 5.81. The number of alkyl halides is 1. The molecule has 0 radical (unpaired) electrons. The molecule has 2 nitrogen and oxygen atoms in total. The van der Waals surface area contributed by atoms with Gasteiger partial charge in [0.05, 0.1) is 12.7 Å². The highest BCUT2D eigenvalue weighted by Gasteiger charge is 1.99. The molecular weight excluding hydrogens is 176 g/mol. The zero-order valence-corrected chi connectivity index (χ0v) is 8.77. The number of halogens is 1. The SMILES string of the molecule is COCC(C)OCCCCCCl. The maximum absolute atomic E-state index is 5.53. The number of methoxy groups -OCH3 is 1. The topological polar surface area (TPSA) is 18.5 Å². The molecule has 0 aliphatic heterocycles. The smallest absolute Gasteiger partial charge is 0.0780 e. The van der Waals surface area contributed by atoms with Crippen LogP contribution in [0.3, 0.4) is 0 Å². The molecule has 0 amide bonds. The van der Waals surface area contributed by atoms with E-state index in [1.807, 2.05) is 6.92 Å². The van der Waals surface area contributed by atoms with Gasteiger partial charge in [0.25, 0.3) is 0 Å². The minimum Gasteiger partial charge on any atom is -0.382 e. The summed E-state index contributed by atoms with van der Waals surface area (Å²) in [6.45, 7) is 3.52. The molecule has 0 aromatic carbocycles. The third-order valence-electron chi connectivity index (χ3n) is 1.58. The van der Waals surface area contributed by atoms with Gasteiger partial charge in [-0.3, -0.25) is 0 Å². The number of unbranched alkanes of at least 4 members (excludes halogenated alkanes) is 2. The predicted octanol–water partition coefficient (Wildman–Crippen LogP) is 2.45. The van der Waals surface area contributed by atoms with Crippen molar-refractivity contribution in [2.24, 2.45) is 0 Å². The third kappa shape index (κ3) is 8.31. The van der Waals surface area contributed by atoms with Gasteiger partial charge in [0, 0.05) is 19.6 Å². The van der Waals surface area contributed by atoms with Crippen LogP contribution in [0.5, 0.6) is 0 Å². The van der Waals surface area contributed by atoms with Crippen LogP contribution < -0.4 is 0 Å². The molecule has 0 aromatic heterocycles. The van der Waals surface area contributed by atoms with Crippen LogP contribution in [0, 0.1) is 0 Å². The average Bonchev–Trinajstić information content (AvgIpc) is 2.05. The molecule has 0 saturated carbocycles. The Bertz CT molecular complexity index is 88.6. The van der Waals surface area contributed by atoms with Gasteiger partial charge in [-0.05, 0) is 26.2 Å². The fraction of sp³-hybridized carbons (Fsp3) is 1.00. The standard InChI is InChI=1S/C9H19ClO2/c1-9(8-11-2)12-7-5-3-4-6-10/h9H,3-8H2,1-2H3. The van der Waals surface area contributed by atoms with Crippen LogP contribution >= 0.6 is 11.6 Å². The molecule has 74 valence electrons. The van der Waals surface area contributed by atoms with Gasteiger partial charge in [-0.15, -0.1) is 11.6 Å². The molecule has 0 heterocycles. The van der Waals surface area contributed by atoms with E-state index < -0.39 is 0 Å². The summed E-state index contributed by atoms with van der Waals surface area (Å²) in [4.78, 5) is 0. The summed E-state index contributed by atoms with van der Waals surface area (Å²) in [5, 5.41) is 0. The molecule has 12 heavy (non-hydrogen) atoms. The molecule has 0 bridgehead atoms. The fourth-order valence-electron chi connectivity index (χ4n) is 0.941. The molecule has 0 aliphatic rings. The van der Waals surface area contributed by atoms with Crippen LogP contribution in [0.4, 0.5) is 0 Å². The van der Waals surface area contributed by atoms with Crippen molar-refractivity contribution in [1.82, 2.24) is 0 Å². The van der Waals surface area contributed by atoms with E-state index in [0.717, 1.165) is 31.7 Å². The van der Waals surface area contributed by atoms with E-state index in [1.165, 1.54) is 0 Å². The minimum atomic E-state index is 0.214. The highest BCUT2D eigenvalue weighted by atomic mass is 35.5. The molecule has 0 aliphatic carbocycles. The van der Waals surface area contributed by atoms with Crippen molar-refractivity contribution in [1.29, 1.82) is 0 Å². The number of rotatable bonds is 8. The maximum atomic E-state index is 5.53. The van der Waals surface area contributed by atoms with E-state index in [1.54, 1.807) is 7.11 Å². The highest BCUT2D eigenvalue weighted by Crippen LogP contribution is 1.99. The number of hydrogen-bond donors (Lipinski definition) is 0. The van der Waals surface area contributed by atoms with E-state index in [2.05, 4.69) is 0 Å². The first-order valence-electron chi connectivity index (χ1n) is 4.47. The van der Waals surface area contributed by atoms with E-state index >= 15 is 0 Å². The lowest BCUT2D eigenvalue weighted by atomic mass is 10.3. The van der Waals surface area contributed by atoms with Gasteiger partial charge in [0.15, 0.2) is 0 Å². The second-order valence-electron chi connectivity index (χ2n) is 2.89. The molecule has 3 heteroatoms. The minimum absolute atomic E-state index is 0.214. The maximum Gasteiger partial charge on any atom is 0.0780 e. The van der Waals surface area contributed by atoms with E-state index in [0.29, 0.717) is 6.61 Å². The van der Waals surface area contributed by atoms with Gasteiger partial charge >= 0.3 is 0 Å². The van der Waals surface area contributed by atoms with E-state index in [4.69, 9.17) is 21.1 Å². The van der Waals surface area contributed by atoms with Crippen LogP contribution in [0.15, 0.2) is 0 Å². The van der Waals surface area contributed by atoms with Crippen LogP contribution in [-0.2, 0) is 9.47 Å². The van der Waals surface area contributed by atoms with E-state index in [9.17, 15) is 0 Å². The van der Waals surface area contributed by atoms with Crippen LogP contribution in [0.25, 0.3) is 0 Å². The molecule has 0 rings (SSSR count). The summed E-state index contributed by atoms with van der Waals surface area (Å²) in [6.07, 6.45) is 3.55. The van der Waals surface area contributed by atoms with Gasteiger partial charge in [0.2, 0.25) is 0 Å². The summed E-state index contributed by atoms with van der Waals surface area (Å²) in [5.41, 5.74) is 0. The Morgan fingerprint density at radius 2 is 2.00 bits per heavy atom. The second kappa shape index (κ2) is 9.30. The quantitative estimate of drug-likeness (QED) is 0.437. The largest absolute Gasteiger partial charge is 0.382 e. The fourth-order valence-corrected chi connectivity index (χ4v) is 1.13. The lowest BCUT2D eigenvalue weighted by Crippen LogP contribution is -2.15. The van der Waals surface area contributed by atoms with Crippen LogP contribution in [0.1, 0.15) is 26.2 Å². The Labute approximate surface area is 80.2 Å². The molecule has 0 saturated heterocycles. The van der Waals surface area contributed by atoms with Crippen LogP contribution in [-0.4, -0.2) is 32.3 Å². The van der Waals surface area contributed by atoms with Crippen molar-refractivity contribution in [2.45, 2.75) is 32.3 Å². The molecule has 0 spiro atoms. The average molecular weight is 195 g/mol. The summed E-state index contributed by atoms with van der Waals surface area (Å²) in [6, 6.07) is 0. The monoisotopic (exact) mass is 194 g/mol. The lowest BCUT2D eigenvalue weighted by molar-refractivity contribution is 0.00776. The second-order valence-corrected chi connectivity index (χ2v) is 3.26. The van der Waals surface area contributed by atoms with Crippen molar-refractivity contribution in [3.05, 3.63) is 0 Å². The van der Waals surface area contributed by atoms with Crippen LogP contribution in [0.2, 0.25) is 0 Å². The van der Waals surface area contributed by atoms with Crippen molar-refractivity contribution in [3.63, 3.8) is 0 Å². The Morgan fingerprint density at radius 1 is 1.25 bits per heavy atom. The zero-order valence-electron chi connectivity index (χ0n) is 8.01. The van der Waals surface area contributed by atoms with E-state index in [-0.39, 0.29) is 6.10 Å². The van der Waals surface area contributed by atoms with Gasteiger partial charge < -0.3 is 9.47 Å². The summed E-state index contributed by atoms with van der Waals surface area (Å²) in [5.74, 6) is 0.758. The number of hydrogen-bond acceptors (Lipinski definition) is 2. The summed E-state index contributed by atoms with van der Waals surface area (Å²) >= 11 is 5.53. The molecular formula is C9H19ClO2. The third-order valence-corrected chi connectivity index (χ3v) is 1.85. The summed E-state index contributed by atoms with van der Waals surface area (Å²) < 4.78 is 10.4. The lowest BCUT2D eigenvalue weighted by Gasteiger charge is -2.11. The molecule has 0 N–H and O–H groups in total. The zero-order chi connectivity index (χ0) is 9.23. The van der Waals surface area contributed by atoms with Crippen molar-refractivity contribution >= 4 is 11.6 Å².